The quantitative estimate of drug-likeness (QED) is 0.633. The first kappa shape index (κ1) is 9.44. The van der Waals surface area contributed by atoms with Gasteiger partial charge in [-0.3, -0.25) is 0 Å². The Morgan fingerprint density at radius 3 is 2.15 bits per heavy atom. The van der Waals surface area contributed by atoms with Gasteiger partial charge in [0.05, 0.1) is 11.2 Å². The maximum Gasteiger partial charge on any atom is 0.112 e. The van der Waals surface area contributed by atoms with Crippen LogP contribution < -0.4 is 0 Å². The zero-order valence-corrected chi connectivity index (χ0v) is 8.45. The summed E-state index contributed by atoms with van der Waals surface area (Å²) in [5.74, 6) is 0.251. The molecule has 0 aromatic carbocycles. The zero-order valence-electron chi connectivity index (χ0n) is 8.45. The summed E-state index contributed by atoms with van der Waals surface area (Å²) in [4.78, 5) is 0. The summed E-state index contributed by atoms with van der Waals surface area (Å²) < 4.78 is 5.83. The van der Waals surface area contributed by atoms with Crippen LogP contribution in [0.2, 0.25) is 0 Å². The molecule has 0 saturated carbocycles. The Balaban J connectivity index is 2.34. The molecule has 2 bridgehead atoms. The standard InChI is InChI=1S/C10H18O3/c1-6(2)10-5-4-9(3,13-10)7(11)8(10)12/h6-8,11-12H,4-5H2,1-3H3/t7-,8-,9-,10-/m1/s1. The Bertz CT molecular complexity index is 228. The van der Waals surface area contributed by atoms with Gasteiger partial charge in [-0.2, -0.15) is 0 Å². The summed E-state index contributed by atoms with van der Waals surface area (Å²) in [6, 6.07) is 0. The Kier molecular flexibility index (Phi) is 1.79. The van der Waals surface area contributed by atoms with Gasteiger partial charge in [-0.05, 0) is 25.7 Å². The molecular weight excluding hydrogens is 168 g/mol. The van der Waals surface area contributed by atoms with Crippen LogP contribution in [-0.4, -0.2) is 33.6 Å². The lowest BCUT2D eigenvalue weighted by molar-refractivity contribution is -0.0974. The molecule has 0 amide bonds. The predicted molar refractivity (Wildman–Crippen MR) is 48.3 cm³/mol. The Morgan fingerprint density at radius 2 is 1.85 bits per heavy atom. The minimum absolute atomic E-state index is 0.251. The van der Waals surface area contributed by atoms with Crippen molar-refractivity contribution in [2.75, 3.05) is 0 Å². The fourth-order valence-electron chi connectivity index (χ4n) is 2.75. The van der Waals surface area contributed by atoms with Crippen molar-refractivity contribution in [3.8, 4) is 0 Å². The number of fused-ring (bicyclic) bond motifs is 2. The number of ether oxygens (including phenoxy) is 1. The van der Waals surface area contributed by atoms with Crippen LogP contribution in [0.4, 0.5) is 0 Å². The maximum atomic E-state index is 9.90. The molecule has 0 aliphatic carbocycles. The monoisotopic (exact) mass is 186 g/mol. The van der Waals surface area contributed by atoms with E-state index in [0.29, 0.717) is 0 Å². The second kappa shape index (κ2) is 2.47. The molecule has 2 heterocycles. The molecular formula is C10H18O3. The third-order valence-electron chi connectivity index (χ3n) is 3.84. The number of rotatable bonds is 1. The average Bonchev–Trinajstić information content (AvgIpc) is 2.50. The van der Waals surface area contributed by atoms with E-state index in [0.717, 1.165) is 12.8 Å². The molecule has 2 rings (SSSR count). The van der Waals surface area contributed by atoms with Crippen molar-refractivity contribution >= 4 is 0 Å². The van der Waals surface area contributed by atoms with Crippen LogP contribution >= 0.6 is 0 Å². The highest BCUT2D eigenvalue weighted by Gasteiger charge is 2.65. The van der Waals surface area contributed by atoms with Crippen LogP contribution in [0.25, 0.3) is 0 Å². The van der Waals surface area contributed by atoms with E-state index in [2.05, 4.69) is 0 Å². The van der Waals surface area contributed by atoms with Crippen molar-refractivity contribution in [1.29, 1.82) is 0 Å². The number of aliphatic hydroxyl groups excluding tert-OH is 2. The second-order valence-corrected chi connectivity index (χ2v) is 4.91. The first-order valence-electron chi connectivity index (χ1n) is 4.99. The molecule has 0 aromatic rings. The van der Waals surface area contributed by atoms with Crippen molar-refractivity contribution in [3.63, 3.8) is 0 Å². The molecule has 0 radical (unpaired) electrons. The molecule has 2 aliphatic rings. The van der Waals surface area contributed by atoms with Gasteiger partial charge in [0.15, 0.2) is 0 Å². The van der Waals surface area contributed by atoms with E-state index < -0.39 is 23.4 Å². The van der Waals surface area contributed by atoms with E-state index in [4.69, 9.17) is 4.74 Å². The molecule has 2 saturated heterocycles. The van der Waals surface area contributed by atoms with Crippen LogP contribution in [0.5, 0.6) is 0 Å². The molecule has 2 aliphatic heterocycles. The van der Waals surface area contributed by atoms with Crippen LogP contribution in [0.3, 0.4) is 0 Å². The van der Waals surface area contributed by atoms with Crippen molar-refractivity contribution in [1.82, 2.24) is 0 Å². The zero-order chi connectivity index (χ0) is 9.85. The average molecular weight is 186 g/mol. The van der Waals surface area contributed by atoms with Gasteiger partial charge < -0.3 is 14.9 Å². The van der Waals surface area contributed by atoms with E-state index in [1.54, 1.807) is 0 Å². The fourth-order valence-corrected chi connectivity index (χ4v) is 2.75. The molecule has 3 heteroatoms. The van der Waals surface area contributed by atoms with Gasteiger partial charge in [-0.15, -0.1) is 0 Å². The van der Waals surface area contributed by atoms with E-state index in [-0.39, 0.29) is 5.92 Å². The smallest absolute Gasteiger partial charge is 0.112 e. The summed E-state index contributed by atoms with van der Waals surface area (Å²) in [5, 5.41) is 19.7. The van der Waals surface area contributed by atoms with Crippen molar-refractivity contribution in [3.05, 3.63) is 0 Å². The highest BCUT2D eigenvalue weighted by atomic mass is 16.6. The molecule has 4 atom stereocenters. The second-order valence-electron chi connectivity index (χ2n) is 4.91. The Labute approximate surface area is 78.7 Å². The van der Waals surface area contributed by atoms with Crippen LogP contribution in [0, 0.1) is 5.92 Å². The lowest BCUT2D eigenvalue weighted by Gasteiger charge is -2.34. The van der Waals surface area contributed by atoms with Crippen LogP contribution in [0.15, 0.2) is 0 Å². The number of hydrogen-bond acceptors (Lipinski definition) is 3. The Morgan fingerprint density at radius 1 is 1.23 bits per heavy atom. The van der Waals surface area contributed by atoms with Gasteiger partial charge in [0.25, 0.3) is 0 Å². The van der Waals surface area contributed by atoms with Crippen molar-refractivity contribution in [2.24, 2.45) is 5.92 Å². The predicted octanol–water partition coefficient (Wildman–Crippen LogP) is 0.686. The largest absolute Gasteiger partial charge is 0.387 e. The molecule has 2 N–H and O–H groups in total. The van der Waals surface area contributed by atoms with Gasteiger partial charge in [0.1, 0.15) is 12.2 Å². The van der Waals surface area contributed by atoms with Gasteiger partial charge in [-0.1, -0.05) is 13.8 Å². The third kappa shape index (κ3) is 0.953. The first-order valence-corrected chi connectivity index (χ1v) is 4.99. The summed E-state index contributed by atoms with van der Waals surface area (Å²) in [7, 11) is 0. The summed E-state index contributed by atoms with van der Waals surface area (Å²) >= 11 is 0. The van der Waals surface area contributed by atoms with Crippen LogP contribution in [-0.2, 0) is 4.74 Å². The first-order chi connectivity index (χ1) is 5.92. The highest BCUT2D eigenvalue weighted by Crippen LogP contribution is 2.53. The minimum atomic E-state index is -0.719. The van der Waals surface area contributed by atoms with Gasteiger partial charge in [-0.25, -0.2) is 0 Å². The summed E-state index contributed by atoms with van der Waals surface area (Å²) in [6.07, 6.45) is 0.276. The summed E-state index contributed by atoms with van der Waals surface area (Å²) in [6.45, 7) is 5.96. The van der Waals surface area contributed by atoms with E-state index in [9.17, 15) is 10.2 Å². The van der Waals surface area contributed by atoms with Gasteiger partial charge in [0.2, 0.25) is 0 Å². The lowest BCUT2D eigenvalue weighted by atomic mass is 9.73. The number of hydrogen-bond donors (Lipinski definition) is 2. The fraction of sp³-hybridized carbons (Fsp3) is 1.00. The SMILES string of the molecule is CC(C)[C@@]12CC[C@@](C)(O1)[C@H](O)[C@H]2O. The third-order valence-corrected chi connectivity index (χ3v) is 3.84. The van der Waals surface area contributed by atoms with Gasteiger partial charge in [0, 0.05) is 0 Å². The molecule has 0 spiro atoms. The normalized spacial score (nSPS) is 54.9. The molecule has 2 fully saturated rings. The molecule has 0 unspecified atom stereocenters. The topological polar surface area (TPSA) is 49.7 Å². The van der Waals surface area contributed by atoms with Gasteiger partial charge >= 0.3 is 0 Å². The number of aliphatic hydroxyl groups is 2. The van der Waals surface area contributed by atoms with Crippen molar-refractivity contribution in [2.45, 2.75) is 57.0 Å². The Hall–Kier alpha value is -0.120. The molecule has 13 heavy (non-hydrogen) atoms. The molecule has 3 nitrogen and oxygen atoms in total. The lowest BCUT2D eigenvalue weighted by Crippen LogP contribution is -2.50. The van der Waals surface area contributed by atoms with Crippen molar-refractivity contribution < 1.29 is 14.9 Å². The summed E-state index contributed by atoms with van der Waals surface area (Å²) in [5.41, 5.74) is -1.00. The minimum Gasteiger partial charge on any atom is -0.387 e. The van der Waals surface area contributed by atoms with E-state index in [1.807, 2.05) is 20.8 Å². The van der Waals surface area contributed by atoms with Crippen LogP contribution in [0.1, 0.15) is 33.6 Å². The molecule has 0 aromatic heterocycles. The van der Waals surface area contributed by atoms with E-state index in [1.165, 1.54) is 0 Å². The maximum absolute atomic E-state index is 9.90. The highest BCUT2D eigenvalue weighted by molar-refractivity contribution is 5.14. The van der Waals surface area contributed by atoms with E-state index >= 15 is 0 Å². The molecule has 76 valence electrons.